The number of halogens is 1. The molecule has 2 aliphatic carbocycles. The van der Waals surface area contributed by atoms with Crippen molar-refractivity contribution < 1.29 is 18.7 Å². The molecule has 4 unspecified atom stereocenters. The quantitative estimate of drug-likeness (QED) is 0.836. The van der Waals surface area contributed by atoms with Gasteiger partial charge in [-0.2, -0.15) is 0 Å². The second-order valence-corrected chi connectivity index (χ2v) is 7.99. The number of carbonyl (C=O) groups excluding carboxylic acids is 2. The molecule has 1 saturated carbocycles. The number of anilines is 1. The van der Waals surface area contributed by atoms with Gasteiger partial charge in [-0.15, -0.1) is 0 Å². The Morgan fingerprint density at radius 3 is 2.86 bits per heavy atom. The molecular formula is C22H22FN3O3. The Labute approximate surface area is 168 Å². The van der Waals surface area contributed by atoms with Crippen LogP contribution in [0.1, 0.15) is 23.5 Å². The summed E-state index contributed by atoms with van der Waals surface area (Å²) in [6.45, 7) is 0.430. The summed E-state index contributed by atoms with van der Waals surface area (Å²) in [5, 5.41) is 5.96. The van der Waals surface area contributed by atoms with Crippen molar-refractivity contribution in [3.8, 4) is 5.75 Å². The number of benzene rings is 2. The molecule has 0 radical (unpaired) electrons. The molecule has 150 valence electrons. The van der Waals surface area contributed by atoms with Gasteiger partial charge < -0.3 is 20.3 Å². The number of amides is 3. The van der Waals surface area contributed by atoms with Crippen LogP contribution >= 0.6 is 0 Å². The molecule has 4 atom stereocenters. The average Bonchev–Trinajstić information content (AvgIpc) is 3.04. The number of nitrogens with one attached hydrogen (secondary N) is 2. The fourth-order valence-corrected chi connectivity index (χ4v) is 4.79. The van der Waals surface area contributed by atoms with Crippen LogP contribution in [-0.4, -0.2) is 37.7 Å². The summed E-state index contributed by atoms with van der Waals surface area (Å²) in [7, 11) is 1.59. The lowest BCUT2D eigenvalue weighted by Crippen LogP contribution is -2.45. The highest BCUT2D eigenvalue weighted by Gasteiger charge is 2.56. The third-order valence-electron chi connectivity index (χ3n) is 6.21. The van der Waals surface area contributed by atoms with Gasteiger partial charge in [-0.05, 0) is 47.7 Å². The summed E-state index contributed by atoms with van der Waals surface area (Å²) in [6.07, 6.45) is 1.07. The molecule has 3 aliphatic rings. The summed E-state index contributed by atoms with van der Waals surface area (Å²) < 4.78 is 18.6. The van der Waals surface area contributed by atoms with E-state index in [1.54, 1.807) is 18.1 Å². The van der Waals surface area contributed by atoms with Gasteiger partial charge in [-0.1, -0.05) is 12.1 Å². The van der Waals surface area contributed by atoms with E-state index in [1.807, 2.05) is 30.3 Å². The standard InChI is InChI=1S/C22H22FN3O3/c1-29-16-4-2-3-15(10-16)26-11-14(9-19(26)27)24-22(28)25-21-18-8-12-7-13(23)5-6-17(12)20(18)21/h2-7,10,14,18,20-21H,8-9,11H2,1H3,(H2,24,25,28). The molecule has 29 heavy (non-hydrogen) atoms. The number of hydrogen-bond acceptors (Lipinski definition) is 3. The predicted octanol–water partition coefficient (Wildman–Crippen LogP) is 2.58. The van der Waals surface area contributed by atoms with E-state index in [2.05, 4.69) is 10.6 Å². The zero-order chi connectivity index (χ0) is 20.1. The number of urea groups is 1. The molecule has 2 aromatic carbocycles. The highest BCUT2D eigenvalue weighted by molar-refractivity contribution is 5.97. The van der Waals surface area contributed by atoms with Gasteiger partial charge in [0.05, 0.1) is 13.2 Å². The van der Waals surface area contributed by atoms with Crippen molar-refractivity contribution in [2.75, 3.05) is 18.6 Å². The fraction of sp³-hybridized carbons (Fsp3) is 0.364. The molecule has 6 nitrogen and oxygen atoms in total. The van der Waals surface area contributed by atoms with Gasteiger partial charge in [0.25, 0.3) is 0 Å². The van der Waals surface area contributed by atoms with E-state index in [4.69, 9.17) is 4.74 Å². The molecular weight excluding hydrogens is 373 g/mol. The van der Waals surface area contributed by atoms with Crippen molar-refractivity contribution in [1.82, 2.24) is 10.6 Å². The molecule has 5 rings (SSSR count). The highest BCUT2D eigenvalue weighted by Crippen LogP contribution is 2.56. The molecule has 3 amide bonds. The Hall–Kier alpha value is -3.09. The summed E-state index contributed by atoms with van der Waals surface area (Å²) >= 11 is 0. The number of fused-ring (bicyclic) bond motifs is 3. The Morgan fingerprint density at radius 1 is 1.17 bits per heavy atom. The highest BCUT2D eigenvalue weighted by atomic mass is 19.1. The van der Waals surface area contributed by atoms with Crippen LogP contribution in [0.15, 0.2) is 42.5 Å². The minimum absolute atomic E-state index is 0.0252. The number of ether oxygens (including phenoxy) is 1. The van der Waals surface area contributed by atoms with E-state index >= 15 is 0 Å². The van der Waals surface area contributed by atoms with E-state index in [1.165, 1.54) is 6.07 Å². The average molecular weight is 395 g/mol. The molecule has 1 aliphatic heterocycles. The van der Waals surface area contributed by atoms with E-state index in [-0.39, 0.29) is 42.2 Å². The van der Waals surface area contributed by atoms with Crippen molar-refractivity contribution in [2.24, 2.45) is 5.92 Å². The molecule has 1 heterocycles. The van der Waals surface area contributed by atoms with Gasteiger partial charge in [0.2, 0.25) is 5.91 Å². The van der Waals surface area contributed by atoms with Crippen LogP contribution in [0.3, 0.4) is 0 Å². The maximum atomic E-state index is 13.3. The Balaban J connectivity index is 1.17. The van der Waals surface area contributed by atoms with Crippen LogP contribution in [0.4, 0.5) is 14.9 Å². The van der Waals surface area contributed by atoms with Gasteiger partial charge >= 0.3 is 6.03 Å². The van der Waals surface area contributed by atoms with Crippen LogP contribution in [0.5, 0.6) is 5.75 Å². The van der Waals surface area contributed by atoms with Crippen LogP contribution in [0.25, 0.3) is 0 Å². The lowest BCUT2D eigenvalue weighted by atomic mass is 10.0. The summed E-state index contributed by atoms with van der Waals surface area (Å²) in [5.74, 6) is 1.07. The molecule has 2 N–H and O–H groups in total. The van der Waals surface area contributed by atoms with Crippen LogP contribution in [0.2, 0.25) is 0 Å². The molecule has 1 saturated heterocycles. The lowest BCUT2D eigenvalue weighted by molar-refractivity contribution is -0.117. The van der Waals surface area contributed by atoms with Crippen molar-refractivity contribution in [3.05, 3.63) is 59.4 Å². The Kier molecular flexibility index (Phi) is 4.19. The first-order chi connectivity index (χ1) is 14.0. The van der Waals surface area contributed by atoms with Gasteiger partial charge in [0.15, 0.2) is 0 Å². The smallest absolute Gasteiger partial charge is 0.315 e. The SMILES string of the molecule is COc1cccc(N2CC(NC(=O)NC3C4Cc5cc(F)ccc5C43)CC2=O)c1. The van der Waals surface area contributed by atoms with Gasteiger partial charge in [-0.3, -0.25) is 4.79 Å². The topological polar surface area (TPSA) is 70.7 Å². The summed E-state index contributed by atoms with van der Waals surface area (Å²) in [5.41, 5.74) is 2.95. The number of carbonyl (C=O) groups is 2. The van der Waals surface area contributed by atoms with E-state index < -0.39 is 0 Å². The first-order valence-corrected chi connectivity index (χ1v) is 9.83. The first kappa shape index (κ1) is 18.0. The van der Waals surface area contributed by atoms with Gasteiger partial charge in [0.1, 0.15) is 11.6 Å². The largest absolute Gasteiger partial charge is 0.497 e. The molecule has 0 spiro atoms. The molecule has 2 fully saturated rings. The first-order valence-electron chi connectivity index (χ1n) is 9.83. The number of hydrogen-bond donors (Lipinski definition) is 2. The van der Waals surface area contributed by atoms with Crippen molar-refractivity contribution in [2.45, 2.75) is 30.8 Å². The van der Waals surface area contributed by atoms with Crippen LogP contribution in [-0.2, 0) is 11.2 Å². The number of methoxy groups -OCH3 is 1. The van der Waals surface area contributed by atoms with Crippen molar-refractivity contribution in [3.63, 3.8) is 0 Å². The zero-order valence-electron chi connectivity index (χ0n) is 16.0. The minimum atomic E-state index is -0.252. The van der Waals surface area contributed by atoms with Crippen LogP contribution < -0.4 is 20.3 Å². The zero-order valence-corrected chi connectivity index (χ0v) is 16.0. The third-order valence-corrected chi connectivity index (χ3v) is 6.21. The second-order valence-electron chi connectivity index (χ2n) is 7.99. The molecule has 0 bridgehead atoms. The van der Waals surface area contributed by atoms with Gasteiger partial charge in [0, 0.05) is 36.7 Å². The normalized spacial score (nSPS) is 26.7. The maximum absolute atomic E-state index is 13.3. The minimum Gasteiger partial charge on any atom is -0.497 e. The van der Waals surface area contributed by atoms with Crippen molar-refractivity contribution in [1.29, 1.82) is 0 Å². The summed E-state index contributed by atoms with van der Waals surface area (Å²) in [6, 6.07) is 11.8. The van der Waals surface area contributed by atoms with Gasteiger partial charge in [-0.25, -0.2) is 9.18 Å². The fourth-order valence-electron chi connectivity index (χ4n) is 4.79. The second kappa shape index (κ2) is 6.76. The number of nitrogens with zero attached hydrogens (tertiary/aromatic N) is 1. The lowest BCUT2D eigenvalue weighted by Gasteiger charge is -2.18. The van der Waals surface area contributed by atoms with E-state index in [0.29, 0.717) is 18.2 Å². The third kappa shape index (κ3) is 3.20. The Morgan fingerprint density at radius 2 is 2.03 bits per heavy atom. The Bertz CT molecular complexity index is 995. The van der Waals surface area contributed by atoms with E-state index in [9.17, 15) is 14.0 Å². The van der Waals surface area contributed by atoms with Crippen LogP contribution in [0, 0.1) is 11.7 Å². The van der Waals surface area contributed by atoms with E-state index in [0.717, 1.165) is 23.2 Å². The molecule has 0 aromatic heterocycles. The predicted molar refractivity (Wildman–Crippen MR) is 106 cm³/mol. The maximum Gasteiger partial charge on any atom is 0.315 e. The monoisotopic (exact) mass is 395 g/mol. The summed E-state index contributed by atoms with van der Waals surface area (Å²) in [4.78, 5) is 26.5. The van der Waals surface area contributed by atoms with Crippen molar-refractivity contribution >= 4 is 17.6 Å². The molecule has 7 heteroatoms. The number of rotatable bonds is 4. The molecule has 2 aromatic rings.